The Kier molecular flexibility index (Phi) is 3.29. The van der Waals surface area contributed by atoms with Crippen LogP contribution in [0.3, 0.4) is 0 Å². The van der Waals surface area contributed by atoms with Crippen molar-refractivity contribution in [3.63, 3.8) is 0 Å². The number of aromatic amines is 1. The molecule has 0 fully saturated rings. The van der Waals surface area contributed by atoms with Crippen molar-refractivity contribution in [1.29, 1.82) is 0 Å². The Bertz CT molecular complexity index is 771. The molecule has 1 amide bonds. The molecule has 0 aliphatic rings. The van der Waals surface area contributed by atoms with Gasteiger partial charge in [-0.15, -0.1) is 0 Å². The van der Waals surface area contributed by atoms with Crippen molar-refractivity contribution in [2.45, 2.75) is 19.9 Å². The molecule has 2 heterocycles. The predicted octanol–water partition coefficient (Wildman–Crippen LogP) is 3.90. The first kappa shape index (κ1) is 13.5. The van der Waals surface area contributed by atoms with Crippen LogP contribution in [0.1, 0.15) is 34.8 Å². The van der Waals surface area contributed by atoms with Crippen molar-refractivity contribution in [2.24, 2.45) is 0 Å². The second kappa shape index (κ2) is 5.13. The molecule has 0 saturated carbocycles. The molecule has 0 spiro atoms. The average molecular weight is 282 g/mol. The maximum absolute atomic E-state index is 12.6. The van der Waals surface area contributed by atoms with Gasteiger partial charge in [0.15, 0.2) is 0 Å². The number of amides is 1. The summed E-state index contributed by atoms with van der Waals surface area (Å²) in [6, 6.07) is 11.6. The fraction of sp³-hybridized carbons (Fsp3) is 0.235. The largest absolute Gasteiger partial charge is 0.467 e. The number of fused-ring (bicyclic) bond motifs is 1. The first-order valence-corrected chi connectivity index (χ1v) is 6.96. The molecule has 4 heteroatoms. The number of furan rings is 1. The van der Waals surface area contributed by atoms with Gasteiger partial charge in [-0.1, -0.05) is 12.1 Å². The van der Waals surface area contributed by atoms with E-state index < -0.39 is 0 Å². The maximum atomic E-state index is 12.6. The van der Waals surface area contributed by atoms with E-state index in [0.717, 1.165) is 16.7 Å². The number of hydrogen-bond donors (Lipinski definition) is 1. The third-order valence-corrected chi connectivity index (χ3v) is 3.86. The van der Waals surface area contributed by atoms with Crippen LogP contribution in [0.15, 0.2) is 47.1 Å². The molecule has 3 aromatic rings. The Labute approximate surface area is 123 Å². The topological polar surface area (TPSA) is 49.2 Å². The highest BCUT2D eigenvalue weighted by Crippen LogP contribution is 2.23. The van der Waals surface area contributed by atoms with Gasteiger partial charge in [-0.2, -0.15) is 0 Å². The van der Waals surface area contributed by atoms with E-state index in [1.807, 2.05) is 50.2 Å². The van der Waals surface area contributed by atoms with Crippen molar-refractivity contribution < 1.29 is 9.21 Å². The van der Waals surface area contributed by atoms with E-state index in [1.165, 1.54) is 5.56 Å². The number of rotatable bonds is 3. The number of carbonyl (C=O) groups is 1. The number of hydrogen-bond acceptors (Lipinski definition) is 2. The summed E-state index contributed by atoms with van der Waals surface area (Å²) in [6.45, 7) is 3.98. The standard InChI is InChI=1S/C17H18N2O2/c1-11-6-7-13-10-15(18-14(13)9-11)17(20)19(3)12(2)16-5-4-8-21-16/h4-10,12,18H,1-3H3. The quantitative estimate of drug-likeness (QED) is 0.792. The van der Waals surface area contributed by atoms with Gasteiger partial charge in [0.25, 0.3) is 5.91 Å². The zero-order valence-electron chi connectivity index (χ0n) is 12.4. The van der Waals surface area contributed by atoms with Gasteiger partial charge in [0.2, 0.25) is 0 Å². The summed E-state index contributed by atoms with van der Waals surface area (Å²) in [4.78, 5) is 17.5. The monoisotopic (exact) mass is 282 g/mol. The Morgan fingerprint density at radius 1 is 1.29 bits per heavy atom. The molecular formula is C17H18N2O2. The fourth-order valence-electron chi connectivity index (χ4n) is 2.44. The van der Waals surface area contributed by atoms with Gasteiger partial charge in [-0.3, -0.25) is 4.79 Å². The number of aryl methyl sites for hydroxylation is 1. The predicted molar refractivity (Wildman–Crippen MR) is 82.3 cm³/mol. The lowest BCUT2D eigenvalue weighted by Gasteiger charge is -2.22. The molecule has 21 heavy (non-hydrogen) atoms. The van der Waals surface area contributed by atoms with Gasteiger partial charge < -0.3 is 14.3 Å². The normalized spacial score (nSPS) is 12.5. The van der Waals surface area contributed by atoms with Gasteiger partial charge in [0.1, 0.15) is 11.5 Å². The van der Waals surface area contributed by atoms with Crippen LogP contribution in [0.5, 0.6) is 0 Å². The molecule has 0 aliphatic heterocycles. The maximum Gasteiger partial charge on any atom is 0.270 e. The van der Waals surface area contributed by atoms with Crippen molar-refractivity contribution >= 4 is 16.8 Å². The second-order valence-electron chi connectivity index (χ2n) is 5.38. The fourth-order valence-corrected chi connectivity index (χ4v) is 2.44. The number of H-pyrrole nitrogens is 1. The molecule has 1 unspecified atom stereocenters. The average Bonchev–Trinajstić information content (AvgIpc) is 3.13. The van der Waals surface area contributed by atoms with Gasteiger partial charge in [0.05, 0.1) is 12.3 Å². The Morgan fingerprint density at radius 3 is 2.81 bits per heavy atom. The summed E-state index contributed by atoms with van der Waals surface area (Å²) in [5, 5.41) is 1.04. The van der Waals surface area contributed by atoms with Crippen LogP contribution in [0, 0.1) is 6.92 Å². The van der Waals surface area contributed by atoms with Crippen LogP contribution in [-0.2, 0) is 0 Å². The molecule has 0 bridgehead atoms. The summed E-state index contributed by atoms with van der Waals surface area (Å²) in [5.41, 5.74) is 2.74. The smallest absolute Gasteiger partial charge is 0.270 e. The lowest BCUT2D eigenvalue weighted by Crippen LogP contribution is -2.29. The molecule has 0 aliphatic carbocycles. The third-order valence-electron chi connectivity index (χ3n) is 3.86. The van der Waals surface area contributed by atoms with E-state index in [0.29, 0.717) is 5.69 Å². The molecule has 1 aromatic carbocycles. The van der Waals surface area contributed by atoms with E-state index in [-0.39, 0.29) is 11.9 Å². The number of nitrogens with zero attached hydrogens (tertiary/aromatic N) is 1. The van der Waals surface area contributed by atoms with Gasteiger partial charge in [0, 0.05) is 18.0 Å². The Balaban J connectivity index is 1.89. The highest BCUT2D eigenvalue weighted by Gasteiger charge is 2.22. The van der Waals surface area contributed by atoms with E-state index >= 15 is 0 Å². The van der Waals surface area contributed by atoms with E-state index in [4.69, 9.17) is 4.42 Å². The third kappa shape index (κ3) is 2.44. The van der Waals surface area contributed by atoms with E-state index in [2.05, 4.69) is 4.98 Å². The molecule has 0 radical (unpaired) electrons. The Hall–Kier alpha value is -2.49. The van der Waals surface area contributed by atoms with Crippen molar-refractivity contribution in [3.05, 3.63) is 59.7 Å². The van der Waals surface area contributed by atoms with E-state index in [9.17, 15) is 4.79 Å². The van der Waals surface area contributed by atoms with Crippen LogP contribution in [0.25, 0.3) is 10.9 Å². The molecule has 2 aromatic heterocycles. The summed E-state index contributed by atoms with van der Waals surface area (Å²) >= 11 is 0. The summed E-state index contributed by atoms with van der Waals surface area (Å²) in [7, 11) is 1.78. The minimum Gasteiger partial charge on any atom is -0.467 e. The van der Waals surface area contributed by atoms with Crippen molar-refractivity contribution in [2.75, 3.05) is 7.05 Å². The highest BCUT2D eigenvalue weighted by molar-refractivity contribution is 5.98. The zero-order valence-corrected chi connectivity index (χ0v) is 12.4. The van der Waals surface area contributed by atoms with Crippen LogP contribution in [-0.4, -0.2) is 22.8 Å². The minimum atomic E-state index is -0.111. The van der Waals surface area contributed by atoms with Gasteiger partial charge in [-0.25, -0.2) is 0 Å². The summed E-state index contributed by atoms with van der Waals surface area (Å²) < 4.78 is 5.37. The highest BCUT2D eigenvalue weighted by atomic mass is 16.3. The first-order valence-electron chi connectivity index (χ1n) is 6.96. The number of nitrogens with one attached hydrogen (secondary N) is 1. The molecule has 108 valence electrons. The van der Waals surface area contributed by atoms with Crippen molar-refractivity contribution in [3.8, 4) is 0 Å². The molecule has 1 atom stereocenters. The molecule has 4 nitrogen and oxygen atoms in total. The van der Waals surface area contributed by atoms with Crippen LogP contribution < -0.4 is 0 Å². The van der Waals surface area contributed by atoms with Crippen molar-refractivity contribution in [1.82, 2.24) is 9.88 Å². The summed E-state index contributed by atoms with van der Waals surface area (Å²) in [6.07, 6.45) is 1.62. The van der Waals surface area contributed by atoms with Crippen LogP contribution in [0.2, 0.25) is 0 Å². The molecule has 0 saturated heterocycles. The molecule has 3 rings (SSSR count). The second-order valence-corrected chi connectivity index (χ2v) is 5.38. The first-order chi connectivity index (χ1) is 10.1. The SMILES string of the molecule is Cc1ccc2cc(C(=O)N(C)C(C)c3ccco3)[nH]c2c1. The van der Waals surface area contributed by atoms with Crippen LogP contribution >= 0.6 is 0 Å². The lowest BCUT2D eigenvalue weighted by molar-refractivity contribution is 0.0721. The number of benzene rings is 1. The van der Waals surface area contributed by atoms with Gasteiger partial charge >= 0.3 is 0 Å². The summed E-state index contributed by atoms with van der Waals surface area (Å²) in [5.74, 6) is 0.727. The lowest BCUT2D eigenvalue weighted by atomic mass is 10.2. The molecular weight excluding hydrogens is 264 g/mol. The van der Waals surface area contributed by atoms with Gasteiger partial charge in [-0.05, 0) is 43.7 Å². The minimum absolute atomic E-state index is 0.0484. The number of aromatic nitrogens is 1. The van der Waals surface area contributed by atoms with E-state index in [1.54, 1.807) is 18.2 Å². The Morgan fingerprint density at radius 2 is 2.10 bits per heavy atom. The number of carbonyl (C=O) groups excluding carboxylic acids is 1. The van der Waals surface area contributed by atoms with Crippen LogP contribution in [0.4, 0.5) is 0 Å². The zero-order chi connectivity index (χ0) is 15.0. The molecule has 1 N–H and O–H groups in total.